The van der Waals surface area contributed by atoms with Gasteiger partial charge < -0.3 is 19.6 Å². The van der Waals surface area contributed by atoms with Crippen molar-refractivity contribution in [2.24, 2.45) is 4.99 Å². The van der Waals surface area contributed by atoms with Gasteiger partial charge >= 0.3 is 0 Å². The number of aromatic nitrogens is 1. The fourth-order valence-corrected chi connectivity index (χ4v) is 4.51. The highest BCUT2D eigenvalue weighted by Gasteiger charge is 2.20. The minimum atomic E-state index is 0.856. The zero-order chi connectivity index (χ0) is 22.0. The maximum atomic E-state index is 4.94. The first-order valence-electron chi connectivity index (χ1n) is 11.9. The summed E-state index contributed by atoms with van der Waals surface area (Å²) in [5.74, 6) is 1.03. The third-order valence-corrected chi connectivity index (χ3v) is 6.41. The summed E-state index contributed by atoms with van der Waals surface area (Å²) in [5.41, 5.74) is 2.41. The number of rotatable bonds is 8. The Balaban J connectivity index is 1.08. The Kier molecular flexibility index (Phi) is 8.53. The molecule has 0 atom stereocenters. The van der Waals surface area contributed by atoms with E-state index in [1.807, 2.05) is 13.1 Å². The van der Waals surface area contributed by atoms with Gasteiger partial charge in [-0.05, 0) is 18.5 Å². The molecule has 1 aromatic heterocycles. The van der Waals surface area contributed by atoms with E-state index in [2.05, 4.69) is 65.4 Å². The van der Waals surface area contributed by atoms with Crippen molar-refractivity contribution in [3.63, 3.8) is 0 Å². The molecule has 4 rings (SSSR count). The number of nitrogens with one attached hydrogen (secondary N) is 1. The van der Waals surface area contributed by atoms with Crippen molar-refractivity contribution >= 4 is 5.96 Å². The van der Waals surface area contributed by atoms with Crippen LogP contribution in [0, 0.1) is 0 Å². The lowest BCUT2D eigenvalue weighted by Gasteiger charge is -2.36. The standard InChI is InChI=1S/C24H37N7O/c1-25-24(31-17-15-30(16-18-31)21-23-8-19-32-27-23)26-9-5-10-28-11-13-29(14-12-28)20-22-6-3-2-4-7-22/h2-4,6-8,19H,5,9-18,20-21H2,1H3,(H,25,26). The molecular weight excluding hydrogens is 402 g/mol. The van der Waals surface area contributed by atoms with E-state index in [0.717, 1.165) is 96.6 Å². The molecule has 2 aliphatic heterocycles. The van der Waals surface area contributed by atoms with Crippen LogP contribution in [-0.2, 0) is 13.1 Å². The highest BCUT2D eigenvalue weighted by Crippen LogP contribution is 2.09. The highest BCUT2D eigenvalue weighted by atomic mass is 16.5. The normalized spacial score (nSPS) is 19.4. The lowest BCUT2D eigenvalue weighted by molar-refractivity contribution is 0.126. The number of benzene rings is 1. The predicted molar refractivity (Wildman–Crippen MR) is 127 cm³/mol. The minimum absolute atomic E-state index is 0.856. The largest absolute Gasteiger partial charge is 0.364 e. The monoisotopic (exact) mass is 439 g/mol. The first-order chi connectivity index (χ1) is 15.8. The van der Waals surface area contributed by atoms with Crippen molar-refractivity contribution in [1.29, 1.82) is 0 Å². The Bertz CT molecular complexity index is 795. The third kappa shape index (κ3) is 6.79. The molecule has 2 saturated heterocycles. The van der Waals surface area contributed by atoms with Crippen LogP contribution in [-0.4, -0.2) is 103 Å². The van der Waals surface area contributed by atoms with Gasteiger partial charge in [0.05, 0.1) is 5.69 Å². The van der Waals surface area contributed by atoms with E-state index in [4.69, 9.17) is 4.52 Å². The second kappa shape index (κ2) is 12.0. The number of hydrogen-bond acceptors (Lipinski definition) is 6. The highest BCUT2D eigenvalue weighted by molar-refractivity contribution is 5.79. The van der Waals surface area contributed by atoms with Gasteiger partial charge in [0.1, 0.15) is 6.26 Å². The van der Waals surface area contributed by atoms with Crippen LogP contribution in [0.5, 0.6) is 0 Å². The van der Waals surface area contributed by atoms with Gasteiger partial charge in [0.15, 0.2) is 5.96 Å². The fraction of sp³-hybridized carbons (Fsp3) is 0.583. The number of guanidine groups is 1. The predicted octanol–water partition coefficient (Wildman–Crippen LogP) is 1.58. The van der Waals surface area contributed by atoms with Crippen LogP contribution in [0.4, 0.5) is 0 Å². The molecule has 2 fully saturated rings. The first kappa shape index (κ1) is 22.8. The summed E-state index contributed by atoms with van der Waals surface area (Å²) in [4.78, 5) is 14.4. The molecule has 1 N–H and O–H groups in total. The molecule has 8 heteroatoms. The van der Waals surface area contributed by atoms with E-state index >= 15 is 0 Å². The quantitative estimate of drug-likeness (QED) is 0.381. The lowest BCUT2D eigenvalue weighted by Crippen LogP contribution is -2.52. The van der Waals surface area contributed by atoms with Gasteiger partial charge in [-0.1, -0.05) is 35.5 Å². The van der Waals surface area contributed by atoms with Gasteiger partial charge in [-0.2, -0.15) is 0 Å². The summed E-state index contributed by atoms with van der Waals surface area (Å²) in [6.45, 7) is 12.7. The average Bonchev–Trinajstić information content (AvgIpc) is 3.35. The maximum Gasteiger partial charge on any atom is 0.193 e. The van der Waals surface area contributed by atoms with E-state index in [1.165, 1.54) is 5.56 Å². The lowest BCUT2D eigenvalue weighted by atomic mass is 10.2. The summed E-state index contributed by atoms with van der Waals surface area (Å²) < 4.78 is 4.94. The fourth-order valence-electron chi connectivity index (χ4n) is 4.51. The van der Waals surface area contributed by atoms with Crippen LogP contribution in [0.1, 0.15) is 17.7 Å². The Morgan fingerprint density at radius 3 is 2.28 bits per heavy atom. The third-order valence-electron chi connectivity index (χ3n) is 6.41. The SMILES string of the molecule is CN=C(NCCCN1CCN(Cc2ccccc2)CC1)N1CCN(Cc2ccon2)CC1. The number of hydrogen-bond donors (Lipinski definition) is 1. The number of aliphatic imine (C=N–C) groups is 1. The molecule has 0 unspecified atom stereocenters. The average molecular weight is 440 g/mol. The Morgan fingerprint density at radius 1 is 0.906 bits per heavy atom. The van der Waals surface area contributed by atoms with E-state index in [9.17, 15) is 0 Å². The van der Waals surface area contributed by atoms with Gasteiger partial charge in [0.25, 0.3) is 0 Å². The molecule has 0 radical (unpaired) electrons. The maximum absolute atomic E-state index is 4.94. The molecule has 8 nitrogen and oxygen atoms in total. The summed E-state index contributed by atoms with van der Waals surface area (Å²) >= 11 is 0. The van der Waals surface area contributed by atoms with Crippen LogP contribution in [0.25, 0.3) is 0 Å². The molecule has 1 aromatic carbocycles. The molecule has 0 amide bonds. The van der Waals surface area contributed by atoms with Crippen LogP contribution in [0.15, 0.2) is 52.2 Å². The Morgan fingerprint density at radius 2 is 1.59 bits per heavy atom. The topological polar surface area (TPSA) is 63.4 Å². The van der Waals surface area contributed by atoms with E-state index in [-0.39, 0.29) is 0 Å². The summed E-state index contributed by atoms with van der Waals surface area (Å²) in [6.07, 6.45) is 2.78. The molecule has 0 spiro atoms. The minimum Gasteiger partial charge on any atom is -0.364 e. The van der Waals surface area contributed by atoms with Crippen molar-refractivity contribution in [2.75, 3.05) is 72.5 Å². The first-order valence-corrected chi connectivity index (χ1v) is 11.9. The molecule has 3 heterocycles. The molecule has 174 valence electrons. The molecule has 0 saturated carbocycles. The molecule has 2 aromatic rings. The Labute approximate surface area is 191 Å². The van der Waals surface area contributed by atoms with Crippen molar-refractivity contribution < 1.29 is 4.52 Å². The van der Waals surface area contributed by atoms with Crippen molar-refractivity contribution in [3.8, 4) is 0 Å². The van der Waals surface area contributed by atoms with E-state index < -0.39 is 0 Å². The summed E-state index contributed by atoms with van der Waals surface area (Å²) in [7, 11) is 1.88. The zero-order valence-corrected chi connectivity index (χ0v) is 19.3. The number of nitrogens with zero attached hydrogens (tertiary/aromatic N) is 6. The summed E-state index contributed by atoms with van der Waals surface area (Å²) in [5, 5.41) is 7.59. The van der Waals surface area contributed by atoms with Gasteiger partial charge in [-0.3, -0.25) is 14.8 Å². The van der Waals surface area contributed by atoms with E-state index in [1.54, 1.807) is 6.26 Å². The molecule has 2 aliphatic rings. The molecular formula is C24H37N7O. The molecule has 32 heavy (non-hydrogen) atoms. The van der Waals surface area contributed by atoms with Gasteiger partial charge in [0.2, 0.25) is 0 Å². The second-order valence-electron chi connectivity index (χ2n) is 8.68. The van der Waals surface area contributed by atoms with Gasteiger partial charge in [-0.15, -0.1) is 0 Å². The van der Waals surface area contributed by atoms with E-state index in [0.29, 0.717) is 0 Å². The van der Waals surface area contributed by atoms with Crippen LogP contribution < -0.4 is 5.32 Å². The smallest absolute Gasteiger partial charge is 0.193 e. The van der Waals surface area contributed by atoms with Crippen LogP contribution >= 0.6 is 0 Å². The molecule has 0 aliphatic carbocycles. The zero-order valence-electron chi connectivity index (χ0n) is 19.3. The second-order valence-corrected chi connectivity index (χ2v) is 8.68. The van der Waals surface area contributed by atoms with Crippen molar-refractivity contribution in [2.45, 2.75) is 19.5 Å². The number of piperazine rings is 2. The van der Waals surface area contributed by atoms with Gasteiger partial charge in [-0.25, -0.2) is 0 Å². The van der Waals surface area contributed by atoms with Crippen molar-refractivity contribution in [3.05, 3.63) is 53.9 Å². The molecule has 0 bridgehead atoms. The van der Waals surface area contributed by atoms with Crippen molar-refractivity contribution in [1.82, 2.24) is 30.1 Å². The Hall–Kier alpha value is -2.42. The summed E-state index contributed by atoms with van der Waals surface area (Å²) in [6, 6.07) is 12.7. The van der Waals surface area contributed by atoms with Crippen LogP contribution in [0.2, 0.25) is 0 Å². The van der Waals surface area contributed by atoms with Crippen LogP contribution in [0.3, 0.4) is 0 Å². The van der Waals surface area contributed by atoms with Gasteiger partial charge in [0, 0.05) is 85.1 Å².